The Bertz CT molecular complexity index is 1280. The van der Waals surface area contributed by atoms with Crippen molar-refractivity contribution in [3.8, 4) is 28.7 Å². The van der Waals surface area contributed by atoms with Gasteiger partial charge in [-0.1, -0.05) is 35.8 Å². The van der Waals surface area contributed by atoms with Crippen molar-refractivity contribution in [1.29, 1.82) is 5.26 Å². The first-order chi connectivity index (χ1) is 14.1. The van der Waals surface area contributed by atoms with Crippen molar-refractivity contribution in [2.45, 2.75) is 6.54 Å². The first-order valence-corrected chi connectivity index (χ1v) is 8.88. The van der Waals surface area contributed by atoms with Gasteiger partial charge in [-0.25, -0.2) is 14.6 Å². The highest BCUT2D eigenvalue weighted by atomic mass is 16.1. The summed E-state index contributed by atoms with van der Waals surface area (Å²) in [4.78, 5) is 20.8. The molecule has 6 nitrogen and oxygen atoms in total. The molecule has 136 valence electrons. The third-order valence-electron chi connectivity index (χ3n) is 4.34. The minimum atomic E-state index is -0.209. The van der Waals surface area contributed by atoms with Crippen LogP contribution in [-0.2, 0) is 6.54 Å². The van der Waals surface area contributed by atoms with Crippen LogP contribution in [0.15, 0.2) is 77.9 Å². The van der Waals surface area contributed by atoms with Crippen LogP contribution in [0.1, 0.15) is 11.1 Å². The van der Waals surface area contributed by atoms with Crippen LogP contribution in [0.3, 0.4) is 0 Å². The lowest BCUT2D eigenvalue weighted by molar-refractivity contribution is 0.643. The average molecular weight is 375 g/mol. The number of rotatable bonds is 4. The third kappa shape index (κ3) is 4.12. The first-order valence-electron chi connectivity index (χ1n) is 8.88. The van der Waals surface area contributed by atoms with Crippen LogP contribution >= 0.6 is 0 Å². The molecular weight excluding hydrogens is 361 g/mol. The molecule has 7 heteroatoms. The van der Waals surface area contributed by atoms with Gasteiger partial charge in [-0.15, -0.1) is 0 Å². The van der Waals surface area contributed by atoms with Crippen LogP contribution in [0.4, 0.5) is 0 Å². The van der Waals surface area contributed by atoms with E-state index in [1.165, 1.54) is 10.7 Å². The van der Waals surface area contributed by atoms with Crippen molar-refractivity contribution >= 4 is 13.3 Å². The molecule has 0 fully saturated rings. The number of aromatic nitrogens is 4. The summed E-state index contributed by atoms with van der Waals surface area (Å²) in [6.07, 6.45) is 3.11. The Hall–Kier alpha value is -4.05. The van der Waals surface area contributed by atoms with E-state index in [0.29, 0.717) is 29.1 Å². The molecule has 0 aliphatic heterocycles. The van der Waals surface area contributed by atoms with Crippen LogP contribution in [0.25, 0.3) is 22.6 Å². The van der Waals surface area contributed by atoms with Gasteiger partial charge in [-0.05, 0) is 29.8 Å². The number of benzene rings is 2. The molecule has 2 heterocycles. The quantitative estimate of drug-likeness (QED) is 0.510. The molecule has 0 atom stereocenters. The molecule has 4 rings (SSSR count). The molecule has 0 spiro atoms. The maximum absolute atomic E-state index is 12.3. The Morgan fingerprint density at radius 2 is 1.72 bits per heavy atom. The van der Waals surface area contributed by atoms with Crippen molar-refractivity contribution in [3.05, 3.63) is 94.5 Å². The number of nitriles is 1. The number of hydrogen-bond acceptors (Lipinski definition) is 5. The zero-order valence-corrected chi connectivity index (χ0v) is 15.4. The van der Waals surface area contributed by atoms with Gasteiger partial charge in [0, 0.05) is 29.6 Å². The third-order valence-corrected chi connectivity index (χ3v) is 4.34. The fourth-order valence-electron chi connectivity index (χ4n) is 2.93. The fourth-order valence-corrected chi connectivity index (χ4v) is 2.93. The van der Waals surface area contributed by atoms with Gasteiger partial charge < -0.3 is 0 Å². The molecule has 0 saturated carbocycles. The van der Waals surface area contributed by atoms with Gasteiger partial charge in [-0.2, -0.15) is 10.4 Å². The standard InChI is InChI=1S/C22H14BN5O/c23-19-12-25-22(26-13-19)18-6-2-4-16(10-18)14-28-21(29)8-7-20(27-28)17-5-1-3-15(9-17)11-24/h1-10,12-13H,14H2. The molecule has 0 bridgehead atoms. The van der Waals surface area contributed by atoms with E-state index in [2.05, 4.69) is 21.1 Å². The molecule has 0 amide bonds. The maximum atomic E-state index is 12.3. The largest absolute Gasteiger partial charge is 0.268 e. The molecule has 2 radical (unpaired) electrons. The van der Waals surface area contributed by atoms with Crippen molar-refractivity contribution in [1.82, 2.24) is 19.7 Å². The number of nitrogens with zero attached hydrogens (tertiary/aromatic N) is 5. The molecule has 0 aliphatic rings. The van der Waals surface area contributed by atoms with Gasteiger partial charge in [-0.3, -0.25) is 4.79 Å². The highest BCUT2D eigenvalue weighted by Crippen LogP contribution is 2.18. The van der Waals surface area contributed by atoms with E-state index in [4.69, 9.17) is 13.1 Å². The number of hydrogen-bond donors (Lipinski definition) is 0. The highest BCUT2D eigenvalue weighted by molar-refractivity contribution is 6.31. The minimum Gasteiger partial charge on any atom is -0.268 e. The summed E-state index contributed by atoms with van der Waals surface area (Å²) in [5.74, 6) is 0.559. The van der Waals surface area contributed by atoms with E-state index in [1.807, 2.05) is 30.3 Å². The zero-order valence-electron chi connectivity index (χ0n) is 15.4. The van der Waals surface area contributed by atoms with Crippen LogP contribution < -0.4 is 11.0 Å². The molecule has 0 N–H and O–H groups in total. The van der Waals surface area contributed by atoms with Gasteiger partial charge in [0.25, 0.3) is 5.56 Å². The molecule has 0 aliphatic carbocycles. The normalized spacial score (nSPS) is 10.4. The Balaban J connectivity index is 1.66. The predicted octanol–water partition coefficient (Wildman–Crippen LogP) is 2.08. The Morgan fingerprint density at radius 3 is 2.52 bits per heavy atom. The second kappa shape index (κ2) is 7.91. The van der Waals surface area contributed by atoms with Crippen molar-refractivity contribution in [3.63, 3.8) is 0 Å². The molecule has 29 heavy (non-hydrogen) atoms. The smallest absolute Gasteiger partial charge is 0.267 e. The van der Waals surface area contributed by atoms with Crippen molar-refractivity contribution < 1.29 is 0 Å². The van der Waals surface area contributed by atoms with E-state index in [-0.39, 0.29) is 5.56 Å². The van der Waals surface area contributed by atoms with Gasteiger partial charge in [0.2, 0.25) is 0 Å². The second-order valence-corrected chi connectivity index (χ2v) is 6.45. The summed E-state index contributed by atoms with van der Waals surface area (Å²) in [6, 6.07) is 20.0. The summed E-state index contributed by atoms with van der Waals surface area (Å²) in [5, 5.41) is 13.6. The molecule has 2 aromatic heterocycles. The SMILES string of the molecule is [B]c1cnc(-c2cccc(Cn3nc(-c4cccc(C#N)c4)ccc3=O)c2)nc1. The molecule has 4 aromatic rings. The fraction of sp³-hybridized carbons (Fsp3) is 0.0455. The molecular formula is C22H14BN5O. The van der Waals surface area contributed by atoms with Crippen molar-refractivity contribution in [2.75, 3.05) is 0 Å². The average Bonchev–Trinajstić information content (AvgIpc) is 2.76. The second-order valence-electron chi connectivity index (χ2n) is 6.45. The molecule has 0 unspecified atom stereocenters. The Morgan fingerprint density at radius 1 is 0.966 bits per heavy atom. The summed E-state index contributed by atoms with van der Waals surface area (Å²) >= 11 is 0. The Kier molecular flexibility index (Phi) is 5.00. The minimum absolute atomic E-state index is 0.209. The van der Waals surface area contributed by atoms with Crippen molar-refractivity contribution in [2.24, 2.45) is 0 Å². The topological polar surface area (TPSA) is 84.5 Å². The van der Waals surface area contributed by atoms with Gasteiger partial charge in [0.15, 0.2) is 5.82 Å². The summed E-state index contributed by atoms with van der Waals surface area (Å²) in [6.45, 7) is 0.299. The zero-order chi connectivity index (χ0) is 20.2. The molecule has 0 saturated heterocycles. The maximum Gasteiger partial charge on any atom is 0.267 e. The van der Waals surface area contributed by atoms with Gasteiger partial charge in [0.05, 0.1) is 23.9 Å². The van der Waals surface area contributed by atoms with Crippen LogP contribution in [-0.4, -0.2) is 27.6 Å². The predicted molar refractivity (Wildman–Crippen MR) is 111 cm³/mol. The van der Waals surface area contributed by atoms with E-state index < -0.39 is 0 Å². The van der Waals surface area contributed by atoms with Crippen LogP contribution in [0.2, 0.25) is 0 Å². The monoisotopic (exact) mass is 375 g/mol. The lowest BCUT2D eigenvalue weighted by atomic mass is 10.0. The lowest BCUT2D eigenvalue weighted by Gasteiger charge is -2.09. The lowest BCUT2D eigenvalue weighted by Crippen LogP contribution is -2.22. The first kappa shape index (κ1) is 18.3. The van der Waals surface area contributed by atoms with E-state index in [0.717, 1.165) is 16.7 Å². The molecule has 2 aromatic carbocycles. The van der Waals surface area contributed by atoms with E-state index >= 15 is 0 Å². The highest BCUT2D eigenvalue weighted by Gasteiger charge is 2.07. The van der Waals surface area contributed by atoms with Crippen LogP contribution in [0.5, 0.6) is 0 Å². The van der Waals surface area contributed by atoms with Gasteiger partial charge >= 0.3 is 0 Å². The summed E-state index contributed by atoms with van der Waals surface area (Å²) in [7, 11) is 5.64. The Labute approximate surface area is 168 Å². The van der Waals surface area contributed by atoms with E-state index in [9.17, 15) is 4.79 Å². The summed E-state index contributed by atoms with van der Waals surface area (Å²) < 4.78 is 1.40. The summed E-state index contributed by atoms with van der Waals surface area (Å²) in [5.41, 5.74) is 3.95. The van der Waals surface area contributed by atoms with Crippen LogP contribution in [0, 0.1) is 11.3 Å². The van der Waals surface area contributed by atoms with E-state index in [1.54, 1.807) is 36.7 Å². The van der Waals surface area contributed by atoms with Gasteiger partial charge in [0.1, 0.15) is 7.85 Å².